The van der Waals surface area contributed by atoms with E-state index in [1.54, 1.807) is 18.2 Å². The quantitative estimate of drug-likeness (QED) is 0.792. The number of rotatable bonds is 1. The molecule has 2 rings (SSSR count). The summed E-state index contributed by atoms with van der Waals surface area (Å²) in [5.74, 6) is -0.203. The van der Waals surface area contributed by atoms with E-state index in [0.717, 1.165) is 5.56 Å². The molecular weight excluding hydrogens is 200 g/mol. The van der Waals surface area contributed by atoms with Crippen molar-refractivity contribution in [3.63, 3.8) is 0 Å². The van der Waals surface area contributed by atoms with E-state index in [0.29, 0.717) is 5.56 Å². The fourth-order valence-corrected chi connectivity index (χ4v) is 1.44. The van der Waals surface area contributed by atoms with Crippen molar-refractivity contribution in [3.8, 4) is 16.9 Å². The third-order valence-electron chi connectivity index (χ3n) is 2.19. The third kappa shape index (κ3) is 2.28. The van der Waals surface area contributed by atoms with E-state index in [1.807, 2.05) is 30.3 Å². The highest BCUT2D eigenvalue weighted by Gasteiger charge is 2.04. The Morgan fingerprint density at radius 3 is 2.06 bits per heavy atom. The largest absolute Gasteiger partial charge is 0.504 e. The summed E-state index contributed by atoms with van der Waals surface area (Å²) in [6.45, 7) is 0. The Morgan fingerprint density at radius 1 is 0.812 bits per heavy atom. The van der Waals surface area contributed by atoms with Crippen molar-refractivity contribution in [2.45, 2.75) is 7.43 Å². The molecule has 0 fully saturated rings. The van der Waals surface area contributed by atoms with Gasteiger partial charge in [-0.05, 0) is 11.6 Å². The molecule has 0 aromatic heterocycles. The predicted molar refractivity (Wildman–Crippen MR) is 66.5 cm³/mol. The molecular formula is C14H14O2. The molecule has 0 saturated carbocycles. The van der Waals surface area contributed by atoms with E-state index in [4.69, 9.17) is 0 Å². The molecule has 0 atom stereocenters. The van der Waals surface area contributed by atoms with Crippen LogP contribution in [0.25, 0.3) is 11.1 Å². The smallest absolute Gasteiger partial charge is 0.220 e. The normalized spacial score (nSPS) is 9.25. The summed E-state index contributed by atoms with van der Waals surface area (Å²) < 4.78 is 0. The van der Waals surface area contributed by atoms with Crippen LogP contribution in [0.15, 0.2) is 59.4 Å². The molecule has 0 saturated heterocycles. The molecule has 0 bridgehead atoms. The minimum Gasteiger partial charge on any atom is -0.504 e. The summed E-state index contributed by atoms with van der Waals surface area (Å²) in [6, 6.07) is 15.8. The first kappa shape index (κ1) is 12.0. The molecule has 0 amide bonds. The molecule has 0 spiro atoms. The van der Waals surface area contributed by atoms with E-state index in [2.05, 4.69) is 0 Å². The monoisotopic (exact) mass is 214 g/mol. The van der Waals surface area contributed by atoms with Gasteiger partial charge in [-0.2, -0.15) is 0 Å². The zero-order valence-corrected chi connectivity index (χ0v) is 8.05. The number of hydrogen-bond acceptors (Lipinski definition) is 2. The molecule has 82 valence electrons. The van der Waals surface area contributed by atoms with E-state index >= 15 is 0 Å². The van der Waals surface area contributed by atoms with Gasteiger partial charge in [-0.1, -0.05) is 56.0 Å². The Kier molecular flexibility index (Phi) is 3.84. The second kappa shape index (κ2) is 5.12. The van der Waals surface area contributed by atoms with E-state index in [1.165, 1.54) is 6.07 Å². The highest BCUT2D eigenvalue weighted by Crippen LogP contribution is 2.24. The van der Waals surface area contributed by atoms with E-state index in [9.17, 15) is 9.90 Å². The van der Waals surface area contributed by atoms with Crippen LogP contribution in [-0.4, -0.2) is 5.11 Å². The van der Waals surface area contributed by atoms with Gasteiger partial charge in [-0.3, -0.25) is 4.79 Å². The summed E-state index contributed by atoms with van der Waals surface area (Å²) in [5.41, 5.74) is 1.03. The van der Waals surface area contributed by atoms with E-state index in [-0.39, 0.29) is 18.6 Å². The molecule has 0 radical (unpaired) electrons. The molecule has 0 aliphatic carbocycles. The lowest BCUT2D eigenvalue weighted by Gasteiger charge is -1.99. The molecule has 0 heterocycles. The Morgan fingerprint density at radius 2 is 1.38 bits per heavy atom. The lowest BCUT2D eigenvalue weighted by atomic mass is 10.1. The first-order chi connectivity index (χ1) is 7.29. The molecule has 2 aromatic carbocycles. The van der Waals surface area contributed by atoms with Crippen LogP contribution in [0.1, 0.15) is 7.43 Å². The van der Waals surface area contributed by atoms with Gasteiger partial charge in [0, 0.05) is 5.56 Å². The van der Waals surface area contributed by atoms with Crippen LogP contribution in [-0.2, 0) is 0 Å². The van der Waals surface area contributed by atoms with Crippen LogP contribution in [0.2, 0.25) is 0 Å². The van der Waals surface area contributed by atoms with Gasteiger partial charge in [-0.15, -0.1) is 0 Å². The fraction of sp³-hybridized carbons (Fsp3) is 0.0714. The standard InChI is InChI=1S/C13H10O2.CH4/c14-12-9-5-4-8-11(13(12)15)10-6-2-1-3-7-10;/h1-9H,(H,14,15);1H4. The summed E-state index contributed by atoms with van der Waals surface area (Å²) >= 11 is 0. The van der Waals surface area contributed by atoms with Crippen LogP contribution >= 0.6 is 0 Å². The topological polar surface area (TPSA) is 37.3 Å². The van der Waals surface area contributed by atoms with Gasteiger partial charge < -0.3 is 5.11 Å². The highest BCUT2D eigenvalue weighted by molar-refractivity contribution is 5.69. The van der Waals surface area contributed by atoms with Gasteiger partial charge >= 0.3 is 0 Å². The average Bonchev–Trinajstić information content (AvgIpc) is 2.44. The third-order valence-corrected chi connectivity index (χ3v) is 2.19. The number of hydrogen-bond donors (Lipinski definition) is 1. The van der Waals surface area contributed by atoms with Crippen molar-refractivity contribution < 1.29 is 5.11 Å². The zero-order valence-electron chi connectivity index (χ0n) is 8.05. The van der Waals surface area contributed by atoms with Gasteiger partial charge in [0.25, 0.3) is 0 Å². The lowest BCUT2D eigenvalue weighted by molar-refractivity contribution is 0.473. The highest BCUT2D eigenvalue weighted by atomic mass is 16.3. The lowest BCUT2D eigenvalue weighted by Crippen LogP contribution is -1.94. The van der Waals surface area contributed by atoms with Crippen molar-refractivity contribution in [2.75, 3.05) is 0 Å². The summed E-state index contributed by atoms with van der Waals surface area (Å²) in [5, 5.41) is 9.70. The SMILES string of the molecule is C.O=c1ccccc(-c2ccccc2)c1O. The molecule has 1 N–H and O–H groups in total. The Labute approximate surface area is 94.8 Å². The van der Waals surface area contributed by atoms with Crippen LogP contribution in [0.5, 0.6) is 5.75 Å². The van der Waals surface area contributed by atoms with Crippen molar-refractivity contribution in [3.05, 3.63) is 64.8 Å². The maximum absolute atomic E-state index is 11.4. The van der Waals surface area contributed by atoms with Gasteiger partial charge in [0.15, 0.2) is 5.75 Å². The Hall–Kier alpha value is -2.09. The summed E-state index contributed by atoms with van der Waals surface area (Å²) in [6.07, 6.45) is 0. The maximum Gasteiger partial charge on any atom is 0.220 e. The maximum atomic E-state index is 11.4. The van der Waals surface area contributed by atoms with Gasteiger partial charge in [0.05, 0.1) is 0 Å². The molecule has 16 heavy (non-hydrogen) atoms. The van der Waals surface area contributed by atoms with E-state index < -0.39 is 0 Å². The van der Waals surface area contributed by atoms with Crippen molar-refractivity contribution in [1.29, 1.82) is 0 Å². The Balaban J connectivity index is 0.00000128. The zero-order chi connectivity index (χ0) is 10.7. The van der Waals surface area contributed by atoms with Gasteiger partial charge in [0.2, 0.25) is 5.43 Å². The molecule has 0 aliphatic rings. The van der Waals surface area contributed by atoms with Crippen molar-refractivity contribution >= 4 is 0 Å². The van der Waals surface area contributed by atoms with Gasteiger partial charge in [0.1, 0.15) is 0 Å². The number of benzene rings is 1. The van der Waals surface area contributed by atoms with Crippen LogP contribution in [0.4, 0.5) is 0 Å². The first-order valence-corrected chi connectivity index (χ1v) is 4.67. The fourth-order valence-electron chi connectivity index (χ4n) is 1.44. The van der Waals surface area contributed by atoms with Crippen molar-refractivity contribution in [2.24, 2.45) is 0 Å². The molecule has 2 aromatic rings. The second-order valence-electron chi connectivity index (χ2n) is 3.21. The molecule has 2 heteroatoms. The summed E-state index contributed by atoms with van der Waals surface area (Å²) in [7, 11) is 0. The van der Waals surface area contributed by atoms with Crippen LogP contribution in [0, 0.1) is 0 Å². The molecule has 0 aliphatic heterocycles. The average molecular weight is 214 g/mol. The van der Waals surface area contributed by atoms with Gasteiger partial charge in [-0.25, -0.2) is 0 Å². The second-order valence-corrected chi connectivity index (χ2v) is 3.21. The van der Waals surface area contributed by atoms with Crippen LogP contribution in [0.3, 0.4) is 0 Å². The molecule has 0 unspecified atom stereocenters. The van der Waals surface area contributed by atoms with Crippen LogP contribution < -0.4 is 5.43 Å². The minimum atomic E-state index is -0.362. The minimum absolute atomic E-state index is 0. The molecule has 2 nitrogen and oxygen atoms in total. The Bertz CT molecular complexity index is 519. The number of aromatic hydroxyl groups is 1. The summed E-state index contributed by atoms with van der Waals surface area (Å²) in [4.78, 5) is 11.4. The predicted octanol–water partition coefficient (Wildman–Crippen LogP) is 3.06. The first-order valence-electron chi connectivity index (χ1n) is 4.67. The van der Waals surface area contributed by atoms with Crippen molar-refractivity contribution in [1.82, 2.24) is 0 Å².